The van der Waals surface area contributed by atoms with Crippen LogP contribution >= 0.6 is 11.6 Å². The van der Waals surface area contributed by atoms with Gasteiger partial charge in [0.05, 0.1) is 18.4 Å². The van der Waals surface area contributed by atoms with Gasteiger partial charge in [-0.2, -0.15) is 13.2 Å². The fraction of sp³-hybridized carbons (Fsp3) is 0.111. The van der Waals surface area contributed by atoms with Gasteiger partial charge in [0.25, 0.3) is 0 Å². The van der Waals surface area contributed by atoms with Gasteiger partial charge < -0.3 is 10.1 Å². The van der Waals surface area contributed by atoms with Crippen molar-refractivity contribution in [3.63, 3.8) is 0 Å². The number of rotatable bonds is 4. The monoisotopic (exact) mass is 397 g/mol. The summed E-state index contributed by atoms with van der Waals surface area (Å²) in [6.45, 7) is 0. The second-order valence-corrected chi connectivity index (χ2v) is 5.83. The summed E-state index contributed by atoms with van der Waals surface area (Å²) in [5, 5.41) is 2.79. The second kappa shape index (κ2) is 7.40. The predicted octanol–water partition coefficient (Wildman–Crippen LogP) is 5.71. The van der Waals surface area contributed by atoms with E-state index in [0.717, 1.165) is 12.1 Å². The standard InChI is InChI=1S/C18H12ClF4N3O/c1-27-14-6-5-11(18(21,22)23)8-13(14)24-16-9-15(19)25-17(26-16)10-3-2-4-12(20)7-10/h2-9H,1H3,(H,24,25,26). The Hall–Kier alpha value is -2.87. The molecular weight excluding hydrogens is 386 g/mol. The molecule has 1 heterocycles. The third kappa shape index (κ3) is 4.46. The van der Waals surface area contributed by atoms with Gasteiger partial charge in [0.1, 0.15) is 22.5 Å². The molecule has 3 rings (SSSR count). The molecule has 0 aliphatic heterocycles. The lowest BCUT2D eigenvalue weighted by atomic mass is 10.1. The Morgan fingerprint density at radius 1 is 1.04 bits per heavy atom. The molecule has 0 fully saturated rings. The maximum absolute atomic E-state index is 13.4. The minimum Gasteiger partial charge on any atom is -0.495 e. The van der Waals surface area contributed by atoms with Crippen LogP contribution in [0.1, 0.15) is 5.56 Å². The maximum Gasteiger partial charge on any atom is 0.416 e. The fourth-order valence-electron chi connectivity index (χ4n) is 2.36. The van der Waals surface area contributed by atoms with Crippen molar-refractivity contribution in [2.75, 3.05) is 12.4 Å². The van der Waals surface area contributed by atoms with E-state index >= 15 is 0 Å². The summed E-state index contributed by atoms with van der Waals surface area (Å²) in [5.74, 6) is -0.0440. The number of nitrogens with one attached hydrogen (secondary N) is 1. The average molecular weight is 398 g/mol. The highest BCUT2D eigenvalue weighted by molar-refractivity contribution is 6.29. The van der Waals surface area contributed by atoms with Crippen LogP contribution in [0.5, 0.6) is 5.75 Å². The Morgan fingerprint density at radius 2 is 1.81 bits per heavy atom. The van der Waals surface area contributed by atoms with Crippen LogP contribution in [0.15, 0.2) is 48.5 Å². The number of hydrogen-bond acceptors (Lipinski definition) is 4. The summed E-state index contributed by atoms with van der Waals surface area (Å²) >= 11 is 5.99. The molecule has 0 radical (unpaired) electrons. The molecule has 0 aliphatic rings. The molecule has 0 unspecified atom stereocenters. The van der Waals surface area contributed by atoms with Crippen LogP contribution in [0.2, 0.25) is 5.15 Å². The minimum atomic E-state index is -4.52. The molecule has 140 valence electrons. The topological polar surface area (TPSA) is 47.0 Å². The third-order valence-electron chi connectivity index (χ3n) is 3.57. The number of halogens is 5. The molecule has 9 heteroatoms. The summed E-state index contributed by atoms with van der Waals surface area (Å²) in [4.78, 5) is 8.22. The van der Waals surface area contributed by atoms with Crippen molar-refractivity contribution >= 4 is 23.1 Å². The van der Waals surface area contributed by atoms with Crippen LogP contribution in [0, 0.1) is 5.82 Å². The number of alkyl halides is 3. The molecule has 0 atom stereocenters. The van der Waals surface area contributed by atoms with Crippen LogP contribution in [-0.4, -0.2) is 17.1 Å². The van der Waals surface area contributed by atoms with Crippen molar-refractivity contribution < 1.29 is 22.3 Å². The van der Waals surface area contributed by atoms with Crippen LogP contribution in [0.25, 0.3) is 11.4 Å². The lowest BCUT2D eigenvalue weighted by Gasteiger charge is -2.14. The Bertz CT molecular complexity index is 979. The number of anilines is 2. The van der Waals surface area contributed by atoms with E-state index in [2.05, 4.69) is 15.3 Å². The zero-order chi connectivity index (χ0) is 19.6. The number of hydrogen-bond donors (Lipinski definition) is 1. The Labute approximate surface area is 156 Å². The summed E-state index contributed by atoms with van der Waals surface area (Å²) in [5.41, 5.74) is -0.430. The van der Waals surface area contributed by atoms with Crippen molar-refractivity contribution in [3.05, 3.63) is 65.1 Å². The largest absolute Gasteiger partial charge is 0.495 e. The highest BCUT2D eigenvalue weighted by Gasteiger charge is 2.31. The number of methoxy groups -OCH3 is 1. The lowest BCUT2D eigenvalue weighted by molar-refractivity contribution is -0.137. The molecule has 0 bridgehead atoms. The molecule has 4 nitrogen and oxygen atoms in total. The van der Waals surface area contributed by atoms with E-state index in [4.69, 9.17) is 16.3 Å². The maximum atomic E-state index is 13.4. The summed E-state index contributed by atoms with van der Waals surface area (Å²) < 4.78 is 57.5. The number of ether oxygens (including phenoxy) is 1. The molecule has 0 amide bonds. The summed E-state index contributed by atoms with van der Waals surface area (Å²) in [6.07, 6.45) is -4.52. The molecule has 1 aromatic heterocycles. The van der Waals surface area contributed by atoms with E-state index in [1.165, 1.54) is 37.4 Å². The molecule has 0 saturated carbocycles. The Kier molecular flexibility index (Phi) is 5.18. The van der Waals surface area contributed by atoms with Crippen LogP contribution in [0.3, 0.4) is 0 Å². The van der Waals surface area contributed by atoms with Gasteiger partial charge in [-0.3, -0.25) is 0 Å². The van der Waals surface area contributed by atoms with Gasteiger partial charge in [-0.1, -0.05) is 23.7 Å². The molecule has 27 heavy (non-hydrogen) atoms. The molecule has 0 saturated heterocycles. The minimum absolute atomic E-state index is 0.0395. The number of benzene rings is 2. The zero-order valence-corrected chi connectivity index (χ0v) is 14.6. The predicted molar refractivity (Wildman–Crippen MR) is 93.7 cm³/mol. The molecule has 2 aromatic carbocycles. The van der Waals surface area contributed by atoms with Gasteiger partial charge in [-0.25, -0.2) is 14.4 Å². The lowest BCUT2D eigenvalue weighted by Crippen LogP contribution is -2.06. The van der Waals surface area contributed by atoms with E-state index in [0.29, 0.717) is 5.56 Å². The van der Waals surface area contributed by atoms with Crippen LogP contribution in [-0.2, 0) is 6.18 Å². The van der Waals surface area contributed by atoms with Crippen molar-refractivity contribution in [1.29, 1.82) is 0 Å². The van der Waals surface area contributed by atoms with Gasteiger partial charge >= 0.3 is 6.18 Å². The number of nitrogens with zero attached hydrogens (tertiary/aromatic N) is 2. The van der Waals surface area contributed by atoms with E-state index in [1.807, 2.05) is 0 Å². The molecular formula is C18H12ClF4N3O. The van der Waals surface area contributed by atoms with E-state index < -0.39 is 17.6 Å². The molecule has 1 N–H and O–H groups in total. The normalized spacial score (nSPS) is 11.3. The second-order valence-electron chi connectivity index (χ2n) is 5.45. The van der Waals surface area contributed by atoms with E-state index in [9.17, 15) is 17.6 Å². The van der Waals surface area contributed by atoms with Crippen LogP contribution in [0.4, 0.5) is 29.1 Å². The average Bonchev–Trinajstić information content (AvgIpc) is 2.60. The van der Waals surface area contributed by atoms with E-state index in [1.54, 1.807) is 6.07 Å². The first-order valence-corrected chi connectivity index (χ1v) is 7.97. The zero-order valence-electron chi connectivity index (χ0n) is 13.8. The highest BCUT2D eigenvalue weighted by atomic mass is 35.5. The van der Waals surface area contributed by atoms with Crippen molar-refractivity contribution in [3.8, 4) is 17.1 Å². The molecule has 0 aliphatic carbocycles. The van der Waals surface area contributed by atoms with Crippen LogP contribution < -0.4 is 10.1 Å². The Morgan fingerprint density at radius 3 is 2.48 bits per heavy atom. The SMILES string of the molecule is COc1ccc(C(F)(F)F)cc1Nc1cc(Cl)nc(-c2cccc(F)c2)n1. The first kappa shape index (κ1) is 18.9. The van der Waals surface area contributed by atoms with Gasteiger partial charge in [-0.15, -0.1) is 0 Å². The third-order valence-corrected chi connectivity index (χ3v) is 3.76. The van der Waals surface area contributed by atoms with Crippen molar-refractivity contribution in [2.45, 2.75) is 6.18 Å². The summed E-state index contributed by atoms with van der Waals surface area (Å²) in [7, 11) is 1.33. The molecule has 3 aromatic rings. The molecule has 0 spiro atoms. The highest BCUT2D eigenvalue weighted by Crippen LogP contribution is 2.36. The fourth-order valence-corrected chi connectivity index (χ4v) is 2.54. The van der Waals surface area contributed by atoms with Gasteiger partial charge in [0, 0.05) is 11.6 Å². The summed E-state index contributed by atoms with van der Waals surface area (Å²) in [6, 6.07) is 9.90. The van der Waals surface area contributed by atoms with Gasteiger partial charge in [0.15, 0.2) is 5.82 Å². The smallest absolute Gasteiger partial charge is 0.416 e. The van der Waals surface area contributed by atoms with Crippen molar-refractivity contribution in [1.82, 2.24) is 9.97 Å². The Balaban J connectivity index is 2.01. The van der Waals surface area contributed by atoms with E-state index in [-0.39, 0.29) is 28.2 Å². The first-order chi connectivity index (χ1) is 12.8. The van der Waals surface area contributed by atoms with Gasteiger partial charge in [0.2, 0.25) is 0 Å². The quantitative estimate of drug-likeness (QED) is 0.452. The van der Waals surface area contributed by atoms with Crippen molar-refractivity contribution in [2.24, 2.45) is 0 Å². The first-order valence-electron chi connectivity index (χ1n) is 7.59. The number of aromatic nitrogens is 2. The van der Waals surface area contributed by atoms with Gasteiger partial charge in [-0.05, 0) is 30.3 Å².